The van der Waals surface area contributed by atoms with E-state index in [9.17, 15) is 4.79 Å². The van der Waals surface area contributed by atoms with E-state index in [0.717, 1.165) is 30.9 Å². The number of nitrogens with zero attached hydrogens (tertiary/aromatic N) is 2. The average Bonchev–Trinajstić information content (AvgIpc) is 2.75. The first-order chi connectivity index (χ1) is 10.2. The molecule has 0 atom stereocenters. The fraction of sp³-hybridized carbons (Fsp3) is 0.312. The van der Waals surface area contributed by atoms with Gasteiger partial charge in [0.15, 0.2) is 0 Å². The van der Waals surface area contributed by atoms with Crippen molar-refractivity contribution in [3.05, 3.63) is 47.2 Å². The minimum Gasteiger partial charge on any atom is -0.383 e. The fourth-order valence-corrected chi connectivity index (χ4v) is 2.92. The second-order valence-corrected chi connectivity index (χ2v) is 5.52. The van der Waals surface area contributed by atoms with Crippen LogP contribution in [-0.4, -0.2) is 23.6 Å². The topological polar surface area (TPSA) is 37.3 Å². The third-order valence-electron chi connectivity index (χ3n) is 3.74. The van der Waals surface area contributed by atoms with Crippen LogP contribution < -0.4 is 10.2 Å². The number of fused-ring (bicyclic) bond motifs is 1. The minimum atomic E-state index is -0.0000926. The van der Waals surface area contributed by atoms with Gasteiger partial charge in [-0.2, -0.15) is 0 Å². The molecular weight excluding hydrogens is 286 g/mol. The van der Waals surface area contributed by atoms with Gasteiger partial charge < -0.3 is 14.8 Å². The smallest absolute Gasteiger partial charge is 0.275 e. The highest BCUT2D eigenvalue weighted by atomic mass is 35.5. The van der Waals surface area contributed by atoms with Gasteiger partial charge in [0.2, 0.25) is 0 Å². The third-order valence-corrected chi connectivity index (χ3v) is 3.94. The van der Waals surface area contributed by atoms with Crippen molar-refractivity contribution in [2.24, 2.45) is 0 Å². The lowest BCUT2D eigenvalue weighted by atomic mass is 10.2. The highest BCUT2D eigenvalue weighted by Gasteiger charge is 2.24. The van der Waals surface area contributed by atoms with E-state index in [0.29, 0.717) is 17.3 Å². The quantitative estimate of drug-likeness (QED) is 0.920. The zero-order valence-corrected chi connectivity index (χ0v) is 12.7. The van der Waals surface area contributed by atoms with Crippen LogP contribution in [0.2, 0.25) is 5.02 Å². The van der Waals surface area contributed by atoms with Gasteiger partial charge in [0, 0.05) is 25.8 Å². The highest BCUT2D eigenvalue weighted by Crippen LogP contribution is 2.29. The number of carbonyl (C=O) groups excluding carboxylic acids is 1. The van der Waals surface area contributed by atoms with Gasteiger partial charge in [0.05, 0.1) is 16.4 Å². The van der Waals surface area contributed by atoms with E-state index in [1.165, 1.54) is 0 Å². The first kappa shape index (κ1) is 14.0. The molecule has 0 bridgehead atoms. The van der Waals surface area contributed by atoms with Crippen molar-refractivity contribution >= 4 is 28.9 Å². The van der Waals surface area contributed by atoms with Crippen LogP contribution in [0.15, 0.2) is 36.5 Å². The molecule has 0 spiro atoms. The molecule has 110 valence electrons. The minimum absolute atomic E-state index is 0.0000926. The van der Waals surface area contributed by atoms with E-state index < -0.39 is 0 Å². The van der Waals surface area contributed by atoms with Crippen LogP contribution in [0.25, 0.3) is 0 Å². The molecule has 0 unspecified atom stereocenters. The van der Waals surface area contributed by atoms with Gasteiger partial charge in [0.1, 0.15) is 5.69 Å². The van der Waals surface area contributed by atoms with Gasteiger partial charge in [-0.1, -0.05) is 23.7 Å². The molecule has 4 nitrogen and oxygen atoms in total. The molecule has 1 aliphatic rings. The number of nitrogens with one attached hydrogen (secondary N) is 1. The Morgan fingerprint density at radius 3 is 3.00 bits per heavy atom. The van der Waals surface area contributed by atoms with Gasteiger partial charge in [-0.25, -0.2) is 0 Å². The van der Waals surface area contributed by atoms with E-state index >= 15 is 0 Å². The van der Waals surface area contributed by atoms with Crippen LogP contribution in [0.1, 0.15) is 23.8 Å². The number of aromatic nitrogens is 1. The summed E-state index contributed by atoms with van der Waals surface area (Å²) >= 11 is 6.06. The van der Waals surface area contributed by atoms with E-state index in [2.05, 4.69) is 5.32 Å². The molecule has 5 heteroatoms. The van der Waals surface area contributed by atoms with Crippen molar-refractivity contribution in [2.75, 3.05) is 23.3 Å². The number of hydrogen-bond acceptors (Lipinski definition) is 2. The molecule has 1 N–H and O–H groups in total. The molecule has 0 aliphatic carbocycles. The van der Waals surface area contributed by atoms with E-state index in [1.54, 1.807) is 12.3 Å². The standard InChI is InChI=1S/C16H18ClN3O/c1-2-19-11-12(17)10-15(19)16(21)20-9-5-8-18-13-6-3-4-7-14(13)20/h3-4,6-7,10-11,18H,2,5,8-9H2,1H3. The third kappa shape index (κ3) is 2.63. The van der Waals surface area contributed by atoms with Gasteiger partial charge >= 0.3 is 0 Å². The second kappa shape index (κ2) is 5.82. The number of amides is 1. The molecule has 1 amide bonds. The van der Waals surface area contributed by atoms with Gasteiger partial charge in [-0.05, 0) is 31.5 Å². The number of anilines is 2. The summed E-state index contributed by atoms with van der Waals surface area (Å²) in [4.78, 5) is 14.8. The zero-order chi connectivity index (χ0) is 14.8. The Balaban J connectivity index is 2.01. The molecule has 3 rings (SSSR count). The van der Waals surface area contributed by atoms with Gasteiger partial charge in [-0.15, -0.1) is 0 Å². The number of para-hydroxylation sites is 2. The summed E-state index contributed by atoms with van der Waals surface area (Å²) in [6, 6.07) is 9.66. The lowest BCUT2D eigenvalue weighted by Gasteiger charge is -2.23. The van der Waals surface area contributed by atoms with Crippen LogP contribution >= 0.6 is 11.6 Å². The molecule has 1 aromatic carbocycles. The van der Waals surface area contributed by atoms with E-state index in [1.807, 2.05) is 40.7 Å². The Bertz CT molecular complexity index is 665. The summed E-state index contributed by atoms with van der Waals surface area (Å²) in [6.45, 7) is 4.30. The van der Waals surface area contributed by atoms with Crippen molar-refractivity contribution in [1.82, 2.24) is 4.57 Å². The van der Waals surface area contributed by atoms with Crippen LogP contribution in [0.4, 0.5) is 11.4 Å². The number of rotatable bonds is 2. The molecule has 0 radical (unpaired) electrons. The Morgan fingerprint density at radius 2 is 2.19 bits per heavy atom. The number of aryl methyl sites for hydroxylation is 1. The average molecular weight is 304 g/mol. The Morgan fingerprint density at radius 1 is 1.38 bits per heavy atom. The molecule has 0 saturated carbocycles. The Hall–Kier alpha value is -1.94. The van der Waals surface area contributed by atoms with Crippen molar-refractivity contribution in [3.63, 3.8) is 0 Å². The molecule has 2 aromatic rings. The largest absolute Gasteiger partial charge is 0.383 e. The first-order valence-corrected chi connectivity index (χ1v) is 7.59. The number of hydrogen-bond donors (Lipinski definition) is 1. The van der Waals surface area contributed by atoms with Gasteiger partial charge in [0.25, 0.3) is 5.91 Å². The molecule has 1 aliphatic heterocycles. The lowest BCUT2D eigenvalue weighted by molar-refractivity contribution is 0.0978. The molecule has 0 saturated heterocycles. The van der Waals surface area contributed by atoms with Crippen molar-refractivity contribution in [2.45, 2.75) is 19.9 Å². The summed E-state index contributed by atoms with van der Waals surface area (Å²) in [6.07, 6.45) is 2.72. The second-order valence-electron chi connectivity index (χ2n) is 5.08. The lowest BCUT2D eigenvalue weighted by Crippen LogP contribution is -2.33. The van der Waals surface area contributed by atoms with Crippen molar-refractivity contribution in [1.29, 1.82) is 0 Å². The number of carbonyl (C=O) groups is 1. The normalized spacial score (nSPS) is 14.3. The van der Waals surface area contributed by atoms with Crippen LogP contribution in [-0.2, 0) is 6.54 Å². The van der Waals surface area contributed by atoms with E-state index in [4.69, 9.17) is 11.6 Å². The van der Waals surface area contributed by atoms with Crippen LogP contribution in [0.3, 0.4) is 0 Å². The maximum Gasteiger partial charge on any atom is 0.275 e. The summed E-state index contributed by atoms with van der Waals surface area (Å²) in [5.74, 6) is -0.0000926. The maximum atomic E-state index is 12.9. The van der Waals surface area contributed by atoms with Crippen LogP contribution in [0.5, 0.6) is 0 Å². The fourth-order valence-electron chi connectivity index (χ4n) is 2.70. The molecular formula is C16H18ClN3O. The summed E-state index contributed by atoms with van der Waals surface area (Å²) in [7, 11) is 0. The predicted octanol–water partition coefficient (Wildman–Crippen LogP) is 3.62. The van der Waals surface area contributed by atoms with E-state index in [-0.39, 0.29) is 5.91 Å². The van der Waals surface area contributed by atoms with Crippen LogP contribution in [0, 0.1) is 0 Å². The zero-order valence-electron chi connectivity index (χ0n) is 12.0. The Kier molecular flexibility index (Phi) is 3.88. The molecule has 0 fully saturated rings. The predicted molar refractivity (Wildman–Crippen MR) is 86.3 cm³/mol. The SMILES string of the molecule is CCn1cc(Cl)cc1C(=O)N1CCCNc2ccccc21. The van der Waals surface area contributed by atoms with Gasteiger partial charge in [-0.3, -0.25) is 4.79 Å². The maximum absolute atomic E-state index is 12.9. The van der Waals surface area contributed by atoms with Crippen molar-refractivity contribution < 1.29 is 4.79 Å². The number of halogens is 1. The molecule has 21 heavy (non-hydrogen) atoms. The van der Waals surface area contributed by atoms with Crippen molar-refractivity contribution in [3.8, 4) is 0 Å². The molecule has 2 heterocycles. The summed E-state index contributed by atoms with van der Waals surface area (Å²) in [5, 5.41) is 3.97. The highest BCUT2D eigenvalue weighted by molar-refractivity contribution is 6.31. The number of benzene rings is 1. The Labute approximate surface area is 129 Å². The monoisotopic (exact) mass is 303 g/mol. The summed E-state index contributed by atoms with van der Waals surface area (Å²) < 4.78 is 1.89. The first-order valence-electron chi connectivity index (χ1n) is 7.21. The summed E-state index contributed by atoms with van der Waals surface area (Å²) in [5.41, 5.74) is 2.57. The molecule has 1 aromatic heterocycles.